The van der Waals surface area contributed by atoms with Gasteiger partial charge in [-0.1, -0.05) is 36.6 Å². The van der Waals surface area contributed by atoms with Crippen molar-refractivity contribution in [1.29, 1.82) is 0 Å². The third kappa shape index (κ3) is 4.11. The molecule has 3 aliphatic rings. The molecule has 4 unspecified atom stereocenters. The molecule has 1 N–H and O–H groups in total. The highest BCUT2D eigenvalue weighted by Gasteiger charge is 2.46. The summed E-state index contributed by atoms with van der Waals surface area (Å²) in [4.78, 5) is 15.0. The Balaban J connectivity index is 1.37. The number of rotatable bonds is 7. The van der Waals surface area contributed by atoms with Crippen LogP contribution >= 0.6 is 11.6 Å². The van der Waals surface area contributed by atoms with E-state index in [9.17, 15) is 9.90 Å². The van der Waals surface area contributed by atoms with Gasteiger partial charge in [0.2, 0.25) is 0 Å². The molecule has 0 radical (unpaired) electrons. The standard InChI is InChI=1S/C23H32ClNO2/c24-18-9-7-16(8-10-18)20-14-19-11-12-22(21(20)15-26)25(19)13-3-6-23(27)17-4-1-2-5-17/h7-10,17,19-22,26H,1-6,11-15H2. The van der Waals surface area contributed by atoms with Crippen LogP contribution < -0.4 is 0 Å². The predicted molar refractivity (Wildman–Crippen MR) is 109 cm³/mol. The highest BCUT2D eigenvalue weighted by atomic mass is 35.5. The molecule has 1 saturated carbocycles. The lowest BCUT2D eigenvalue weighted by Crippen LogP contribution is -2.49. The summed E-state index contributed by atoms with van der Waals surface area (Å²) in [6.07, 6.45) is 9.93. The Hall–Kier alpha value is -0.900. The van der Waals surface area contributed by atoms with Gasteiger partial charge < -0.3 is 5.11 Å². The lowest BCUT2D eigenvalue weighted by Gasteiger charge is -2.44. The maximum absolute atomic E-state index is 12.4. The number of nitrogens with zero attached hydrogens (tertiary/aromatic N) is 1. The molecule has 1 aromatic rings. The van der Waals surface area contributed by atoms with Gasteiger partial charge >= 0.3 is 0 Å². The highest BCUT2D eigenvalue weighted by Crippen LogP contribution is 2.47. The largest absolute Gasteiger partial charge is 0.396 e. The quantitative estimate of drug-likeness (QED) is 0.727. The van der Waals surface area contributed by atoms with E-state index in [4.69, 9.17) is 11.6 Å². The fraction of sp³-hybridized carbons (Fsp3) is 0.696. The van der Waals surface area contributed by atoms with Crippen molar-refractivity contribution in [3.8, 4) is 0 Å². The summed E-state index contributed by atoms with van der Waals surface area (Å²) in [6.45, 7) is 1.25. The van der Waals surface area contributed by atoms with Crippen molar-refractivity contribution in [2.24, 2.45) is 11.8 Å². The number of benzene rings is 1. The van der Waals surface area contributed by atoms with Gasteiger partial charge in [-0.05, 0) is 68.7 Å². The Kier molecular flexibility index (Phi) is 6.21. The highest BCUT2D eigenvalue weighted by molar-refractivity contribution is 6.30. The summed E-state index contributed by atoms with van der Waals surface area (Å²) in [5.74, 6) is 1.55. The number of aliphatic hydroxyl groups excluding tert-OH is 1. The van der Waals surface area contributed by atoms with Crippen LogP contribution in [-0.2, 0) is 4.79 Å². The van der Waals surface area contributed by atoms with Crippen molar-refractivity contribution in [2.75, 3.05) is 13.2 Å². The van der Waals surface area contributed by atoms with Crippen LogP contribution in [0.25, 0.3) is 0 Å². The number of ketones is 1. The molecule has 2 heterocycles. The van der Waals surface area contributed by atoms with Crippen molar-refractivity contribution >= 4 is 17.4 Å². The van der Waals surface area contributed by atoms with Gasteiger partial charge in [-0.25, -0.2) is 0 Å². The number of halogens is 1. The van der Waals surface area contributed by atoms with Crippen LogP contribution in [-0.4, -0.2) is 41.0 Å². The summed E-state index contributed by atoms with van der Waals surface area (Å²) in [6, 6.07) is 9.24. The van der Waals surface area contributed by atoms with E-state index in [1.54, 1.807) is 0 Å². The van der Waals surface area contributed by atoms with Crippen LogP contribution in [0.4, 0.5) is 0 Å². The zero-order valence-electron chi connectivity index (χ0n) is 16.2. The minimum atomic E-state index is 0.238. The van der Waals surface area contributed by atoms with E-state index in [0.29, 0.717) is 29.7 Å². The fourth-order valence-corrected chi connectivity index (χ4v) is 6.12. The minimum absolute atomic E-state index is 0.238. The third-order valence-electron chi connectivity index (χ3n) is 7.39. The van der Waals surface area contributed by atoms with Gasteiger partial charge in [0, 0.05) is 42.0 Å². The second-order valence-corrected chi connectivity index (χ2v) is 9.26. The second kappa shape index (κ2) is 8.63. The predicted octanol–water partition coefficient (Wildman–Crippen LogP) is 4.81. The molecule has 0 spiro atoms. The van der Waals surface area contributed by atoms with Crippen LogP contribution in [0.5, 0.6) is 0 Å². The molecule has 3 nitrogen and oxygen atoms in total. The molecule has 4 atom stereocenters. The number of hydrogen-bond donors (Lipinski definition) is 1. The van der Waals surface area contributed by atoms with E-state index in [1.165, 1.54) is 31.2 Å². The van der Waals surface area contributed by atoms with E-state index in [1.807, 2.05) is 12.1 Å². The van der Waals surface area contributed by atoms with E-state index in [0.717, 1.165) is 43.7 Å². The lowest BCUT2D eigenvalue weighted by atomic mass is 9.76. The van der Waals surface area contributed by atoms with E-state index in [2.05, 4.69) is 17.0 Å². The van der Waals surface area contributed by atoms with Gasteiger partial charge in [0.25, 0.3) is 0 Å². The summed E-state index contributed by atoms with van der Waals surface area (Å²) in [7, 11) is 0. The van der Waals surface area contributed by atoms with Crippen molar-refractivity contribution in [3.05, 3.63) is 34.9 Å². The molecule has 2 aliphatic heterocycles. The number of carbonyl (C=O) groups is 1. The molecule has 0 amide bonds. The average Bonchev–Trinajstić information content (AvgIpc) is 3.30. The van der Waals surface area contributed by atoms with Crippen LogP contribution in [0.2, 0.25) is 5.02 Å². The van der Waals surface area contributed by atoms with Gasteiger partial charge in [-0.15, -0.1) is 0 Å². The van der Waals surface area contributed by atoms with E-state index in [-0.39, 0.29) is 12.5 Å². The normalized spacial score (nSPS) is 31.5. The topological polar surface area (TPSA) is 40.5 Å². The van der Waals surface area contributed by atoms with Crippen LogP contribution in [0.1, 0.15) is 69.3 Å². The first-order valence-corrected chi connectivity index (χ1v) is 11.2. The molecule has 1 aliphatic carbocycles. The Morgan fingerprint density at radius 1 is 1.11 bits per heavy atom. The second-order valence-electron chi connectivity index (χ2n) is 8.83. The van der Waals surface area contributed by atoms with E-state index >= 15 is 0 Å². The minimum Gasteiger partial charge on any atom is -0.396 e. The fourth-order valence-electron chi connectivity index (χ4n) is 5.99. The first-order chi connectivity index (χ1) is 13.2. The van der Waals surface area contributed by atoms with Crippen molar-refractivity contribution < 1.29 is 9.90 Å². The van der Waals surface area contributed by atoms with E-state index < -0.39 is 0 Å². The van der Waals surface area contributed by atoms with Crippen molar-refractivity contribution in [2.45, 2.75) is 75.8 Å². The van der Waals surface area contributed by atoms with Crippen molar-refractivity contribution in [1.82, 2.24) is 4.90 Å². The smallest absolute Gasteiger partial charge is 0.136 e. The number of fused-ring (bicyclic) bond motifs is 2. The zero-order chi connectivity index (χ0) is 18.8. The monoisotopic (exact) mass is 389 g/mol. The Bertz CT molecular complexity index is 640. The number of aliphatic hydroxyl groups is 1. The third-order valence-corrected chi connectivity index (χ3v) is 7.64. The van der Waals surface area contributed by atoms with Crippen LogP contribution in [0, 0.1) is 11.8 Å². The SMILES string of the molecule is O=C(CCCN1C2CCC1C(CO)C(c1ccc(Cl)cc1)C2)C1CCCC1. The first kappa shape index (κ1) is 19.4. The molecule has 1 aromatic carbocycles. The van der Waals surface area contributed by atoms with Gasteiger partial charge in [-0.2, -0.15) is 0 Å². The summed E-state index contributed by atoms with van der Waals surface area (Å²) in [5.41, 5.74) is 1.31. The zero-order valence-corrected chi connectivity index (χ0v) is 16.9. The molecule has 4 rings (SSSR count). The van der Waals surface area contributed by atoms with Gasteiger partial charge in [0.15, 0.2) is 0 Å². The maximum Gasteiger partial charge on any atom is 0.136 e. The van der Waals surface area contributed by atoms with Gasteiger partial charge in [-0.3, -0.25) is 9.69 Å². The molecule has 0 aromatic heterocycles. The molecule has 3 fully saturated rings. The van der Waals surface area contributed by atoms with Gasteiger partial charge in [0.05, 0.1) is 0 Å². The molecule has 2 saturated heterocycles. The number of Topliss-reactive ketones (excluding diaryl/α,β-unsaturated/α-hetero) is 1. The Morgan fingerprint density at radius 2 is 1.85 bits per heavy atom. The lowest BCUT2D eigenvalue weighted by molar-refractivity contribution is -0.122. The summed E-state index contributed by atoms with van der Waals surface area (Å²) in [5, 5.41) is 10.9. The maximum atomic E-state index is 12.4. The van der Waals surface area contributed by atoms with Crippen LogP contribution in [0.15, 0.2) is 24.3 Å². The molecular weight excluding hydrogens is 358 g/mol. The molecule has 2 bridgehead atoms. The Morgan fingerprint density at radius 3 is 2.56 bits per heavy atom. The van der Waals surface area contributed by atoms with Crippen molar-refractivity contribution in [3.63, 3.8) is 0 Å². The van der Waals surface area contributed by atoms with Gasteiger partial charge in [0.1, 0.15) is 5.78 Å². The molecular formula is C23H32ClNO2. The number of hydrogen-bond acceptors (Lipinski definition) is 3. The number of carbonyl (C=O) groups excluding carboxylic acids is 1. The first-order valence-electron chi connectivity index (χ1n) is 10.8. The summed E-state index contributed by atoms with van der Waals surface area (Å²) < 4.78 is 0. The van der Waals surface area contributed by atoms with Crippen LogP contribution in [0.3, 0.4) is 0 Å². The number of piperidine rings is 1. The Labute approximate surface area is 168 Å². The molecule has 27 heavy (non-hydrogen) atoms. The average molecular weight is 390 g/mol. The molecule has 148 valence electrons. The summed E-state index contributed by atoms with van der Waals surface area (Å²) >= 11 is 6.06. The molecule has 4 heteroatoms.